The molecule has 1 fully saturated rings. The Hall–Kier alpha value is -0.640. The van der Waals surface area contributed by atoms with E-state index in [1.54, 1.807) is 0 Å². The predicted octanol–water partition coefficient (Wildman–Crippen LogP) is 2.75. The zero-order chi connectivity index (χ0) is 10.6. The van der Waals surface area contributed by atoms with Crippen molar-refractivity contribution in [1.29, 1.82) is 0 Å². The van der Waals surface area contributed by atoms with E-state index in [0.29, 0.717) is 0 Å². The lowest BCUT2D eigenvalue weighted by Gasteiger charge is -2.24. The van der Waals surface area contributed by atoms with E-state index in [1.165, 1.54) is 12.8 Å². The summed E-state index contributed by atoms with van der Waals surface area (Å²) >= 11 is 5.26. The van der Waals surface area contributed by atoms with E-state index in [2.05, 4.69) is 42.5 Å². The molecule has 1 aromatic heterocycles. The first kappa shape index (κ1) is 9.90. The van der Waals surface area contributed by atoms with Crippen LogP contribution in [0.25, 0.3) is 0 Å². The van der Waals surface area contributed by atoms with Gasteiger partial charge in [0.1, 0.15) is 5.82 Å². The van der Waals surface area contributed by atoms with Crippen LogP contribution in [-0.4, -0.2) is 14.8 Å². The number of aromatic amines is 1. The molecule has 0 amide bonds. The number of aromatic nitrogens is 3. The third kappa shape index (κ3) is 1.41. The summed E-state index contributed by atoms with van der Waals surface area (Å²) < 4.78 is 2.88. The molecule has 1 heterocycles. The van der Waals surface area contributed by atoms with Crippen LogP contribution in [-0.2, 0) is 11.0 Å². The molecule has 1 aromatic rings. The average molecular weight is 211 g/mol. The van der Waals surface area contributed by atoms with Gasteiger partial charge in [0.05, 0.1) is 0 Å². The van der Waals surface area contributed by atoms with Gasteiger partial charge in [-0.2, -0.15) is 5.10 Å². The Morgan fingerprint density at radius 1 is 1.43 bits per heavy atom. The number of nitrogens with one attached hydrogen (secondary N) is 1. The van der Waals surface area contributed by atoms with Crippen molar-refractivity contribution < 1.29 is 0 Å². The van der Waals surface area contributed by atoms with E-state index in [1.807, 2.05) is 0 Å². The molecule has 1 aliphatic rings. The van der Waals surface area contributed by atoms with Crippen molar-refractivity contribution in [3.8, 4) is 0 Å². The molecule has 0 atom stereocenters. The standard InChI is InChI=1S/C10H17N3S/c1-9(2,3)13-7(10(4)5-6-10)11-12-8(13)14/h5-6H2,1-4H3,(H,12,14). The second-order valence-electron chi connectivity index (χ2n) is 5.42. The van der Waals surface area contributed by atoms with Crippen LogP contribution in [0.2, 0.25) is 0 Å². The number of H-pyrrole nitrogens is 1. The van der Waals surface area contributed by atoms with Crippen LogP contribution in [0.15, 0.2) is 0 Å². The molecular formula is C10H17N3S. The maximum atomic E-state index is 5.26. The Balaban J connectivity index is 2.58. The fourth-order valence-corrected chi connectivity index (χ4v) is 2.14. The highest BCUT2D eigenvalue weighted by molar-refractivity contribution is 7.71. The molecule has 14 heavy (non-hydrogen) atoms. The van der Waals surface area contributed by atoms with Crippen LogP contribution in [0.1, 0.15) is 46.4 Å². The van der Waals surface area contributed by atoms with Gasteiger partial charge in [-0.3, -0.25) is 9.67 Å². The summed E-state index contributed by atoms with van der Waals surface area (Å²) in [4.78, 5) is 0. The minimum atomic E-state index is 0.0189. The van der Waals surface area contributed by atoms with Crippen LogP contribution in [0.3, 0.4) is 0 Å². The molecule has 0 unspecified atom stereocenters. The maximum absolute atomic E-state index is 5.26. The van der Waals surface area contributed by atoms with Crippen molar-refractivity contribution in [2.24, 2.45) is 0 Å². The molecule has 0 radical (unpaired) electrons. The van der Waals surface area contributed by atoms with Gasteiger partial charge in [-0.1, -0.05) is 6.92 Å². The molecule has 1 saturated carbocycles. The zero-order valence-corrected chi connectivity index (χ0v) is 10.0. The van der Waals surface area contributed by atoms with E-state index in [9.17, 15) is 0 Å². The van der Waals surface area contributed by atoms with Gasteiger partial charge < -0.3 is 0 Å². The highest BCUT2D eigenvalue weighted by Gasteiger charge is 2.44. The third-order valence-electron chi connectivity index (χ3n) is 2.88. The van der Waals surface area contributed by atoms with Crippen molar-refractivity contribution in [2.75, 3.05) is 0 Å². The van der Waals surface area contributed by atoms with Gasteiger partial charge in [0.25, 0.3) is 0 Å². The van der Waals surface area contributed by atoms with Gasteiger partial charge in [0, 0.05) is 11.0 Å². The third-order valence-corrected chi connectivity index (χ3v) is 3.16. The van der Waals surface area contributed by atoms with E-state index in [4.69, 9.17) is 12.2 Å². The SMILES string of the molecule is CC1(c2n[nH]c(=S)n2C(C)(C)C)CC1. The summed E-state index contributed by atoms with van der Waals surface area (Å²) in [6, 6.07) is 0. The van der Waals surface area contributed by atoms with E-state index < -0.39 is 0 Å². The van der Waals surface area contributed by atoms with Gasteiger partial charge in [0.2, 0.25) is 0 Å². The summed E-state index contributed by atoms with van der Waals surface area (Å²) in [6.07, 6.45) is 2.45. The molecule has 0 bridgehead atoms. The van der Waals surface area contributed by atoms with Gasteiger partial charge >= 0.3 is 0 Å². The van der Waals surface area contributed by atoms with Crippen molar-refractivity contribution in [3.05, 3.63) is 10.6 Å². The van der Waals surface area contributed by atoms with Crippen molar-refractivity contribution >= 4 is 12.2 Å². The van der Waals surface area contributed by atoms with Crippen LogP contribution in [0, 0.1) is 4.77 Å². The minimum Gasteiger partial charge on any atom is -0.298 e. The van der Waals surface area contributed by atoms with Crippen LogP contribution < -0.4 is 0 Å². The first-order valence-electron chi connectivity index (χ1n) is 5.03. The normalized spacial score (nSPS) is 19.7. The van der Waals surface area contributed by atoms with Crippen molar-refractivity contribution in [2.45, 2.75) is 51.5 Å². The Morgan fingerprint density at radius 2 is 2.00 bits per heavy atom. The van der Waals surface area contributed by atoms with E-state index in [0.717, 1.165) is 10.6 Å². The Labute approximate surface area is 89.5 Å². The van der Waals surface area contributed by atoms with Crippen LogP contribution in [0.5, 0.6) is 0 Å². The summed E-state index contributed by atoms with van der Waals surface area (Å²) in [7, 11) is 0. The topological polar surface area (TPSA) is 33.6 Å². The van der Waals surface area contributed by atoms with Crippen molar-refractivity contribution in [1.82, 2.24) is 14.8 Å². The molecule has 1 aliphatic carbocycles. The highest BCUT2D eigenvalue weighted by atomic mass is 32.1. The molecule has 1 N–H and O–H groups in total. The lowest BCUT2D eigenvalue weighted by atomic mass is 10.0. The van der Waals surface area contributed by atoms with Gasteiger partial charge in [0.15, 0.2) is 4.77 Å². The second-order valence-corrected chi connectivity index (χ2v) is 5.81. The highest BCUT2D eigenvalue weighted by Crippen LogP contribution is 2.47. The first-order valence-corrected chi connectivity index (χ1v) is 5.44. The van der Waals surface area contributed by atoms with Gasteiger partial charge in [-0.25, -0.2) is 0 Å². The maximum Gasteiger partial charge on any atom is 0.195 e. The van der Waals surface area contributed by atoms with Gasteiger partial charge in [-0.05, 0) is 45.8 Å². The van der Waals surface area contributed by atoms with E-state index in [-0.39, 0.29) is 11.0 Å². The largest absolute Gasteiger partial charge is 0.298 e. The molecular weight excluding hydrogens is 194 g/mol. The summed E-state index contributed by atoms with van der Waals surface area (Å²) in [6.45, 7) is 8.73. The van der Waals surface area contributed by atoms with Crippen LogP contribution in [0.4, 0.5) is 0 Å². The molecule has 0 spiro atoms. The molecule has 4 heteroatoms. The quantitative estimate of drug-likeness (QED) is 0.725. The van der Waals surface area contributed by atoms with Crippen molar-refractivity contribution in [3.63, 3.8) is 0 Å². The fourth-order valence-electron chi connectivity index (χ4n) is 1.74. The number of hydrogen-bond acceptors (Lipinski definition) is 2. The smallest absolute Gasteiger partial charge is 0.195 e. The molecule has 0 aliphatic heterocycles. The number of nitrogens with zero attached hydrogens (tertiary/aromatic N) is 2. The summed E-state index contributed by atoms with van der Waals surface area (Å²) in [5.74, 6) is 1.12. The lowest BCUT2D eigenvalue weighted by molar-refractivity contribution is 0.367. The summed E-state index contributed by atoms with van der Waals surface area (Å²) in [5, 5.41) is 7.27. The van der Waals surface area contributed by atoms with Crippen LogP contribution >= 0.6 is 12.2 Å². The average Bonchev–Trinajstić information content (AvgIpc) is 2.60. The Bertz CT molecular complexity index is 404. The number of hydrogen-bond donors (Lipinski definition) is 1. The van der Waals surface area contributed by atoms with Gasteiger partial charge in [-0.15, -0.1) is 0 Å². The molecule has 3 nitrogen and oxygen atoms in total. The lowest BCUT2D eigenvalue weighted by Crippen LogP contribution is -2.27. The Morgan fingerprint density at radius 3 is 2.43 bits per heavy atom. The number of rotatable bonds is 1. The van der Waals surface area contributed by atoms with E-state index >= 15 is 0 Å². The Kier molecular flexibility index (Phi) is 1.90. The summed E-state index contributed by atoms with van der Waals surface area (Å²) in [5.41, 5.74) is 0.284. The molecule has 0 saturated heterocycles. The predicted molar refractivity (Wildman–Crippen MR) is 59.0 cm³/mol. The fraction of sp³-hybridized carbons (Fsp3) is 0.800. The molecule has 0 aromatic carbocycles. The second kappa shape index (κ2) is 2.69. The minimum absolute atomic E-state index is 0.0189. The molecule has 78 valence electrons. The zero-order valence-electron chi connectivity index (χ0n) is 9.22. The molecule has 2 rings (SSSR count). The first-order chi connectivity index (χ1) is 6.34. The monoisotopic (exact) mass is 211 g/mol.